The summed E-state index contributed by atoms with van der Waals surface area (Å²) in [5.74, 6) is 0.199. The van der Waals surface area contributed by atoms with Crippen LogP contribution >= 0.6 is 11.6 Å². The molecule has 1 aromatic heterocycles. The Bertz CT molecular complexity index is 1280. The van der Waals surface area contributed by atoms with Crippen LogP contribution in [0.25, 0.3) is 10.9 Å². The van der Waals surface area contributed by atoms with Crippen molar-refractivity contribution in [2.24, 2.45) is 0 Å². The van der Waals surface area contributed by atoms with Crippen LogP contribution in [0.2, 0.25) is 5.02 Å². The fraction of sp³-hybridized carbons (Fsp3) is 0.433. The quantitative estimate of drug-likeness (QED) is 0.273. The molecule has 0 bridgehead atoms. The van der Waals surface area contributed by atoms with Crippen LogP contribution in [0.15, 0.2) is 48.5 Å². The molecular formula is C30H41ClFN5O5. The van der Waals surface area contributed by atoms with Gasteiger partial charge in [-0.3, -0.25) is 4.90 Å². The second-order valence-corrected chi connectivity index (χ2v) is 8.82. The first-order chi connectivity index (χ1) is 20.4. The van der Waals surface area contributed by atoms with E-state index in [1.165, 1.54) is 18.1 Å². The fourth-order valence-electron chi connectivity index (χ4n) is 3.99. The van der Waals surface area contributed by atoms with Crippen molar-refractivity contribution in [1.29, 1.82) is 0 Å². The Morgan fingerprint density at radius 1 is 1.05 bits per heavy atom. The van der Waals surface area contributed by atoms with E-state index in [4.69, 9.17) is 25.8 Å². The normalized spacial score (nSPS) is 12.2. The van der Waals surface area contributed by atoms with Crippen molar-refractivity contribution in [2.45, 2.75) is 27.7 Å². The van der Waals surface area contributed by atoms with Crippen LogP contribution in [0.1, 0.15) is 27.7 Å². The third kappa shape index (κ3) is 10.2. The summed E-state index contributed by atoms with van der Waals surface area (Å²) >= 11 is 6.00. The van der Waals surface area contributed by atoms with Gasteiger partial charge in [-0.15, -0.1) is 0 Å². The van der Waals surface area contributed by atoms with Gasteiger partial charge in [0.15, 0.2) is 0 Å². The van der Waals surface area contributed by atoms with Gasteiger partial charge >= 0.3 is 12.2 Å². The molecule has 12 heteroatoms. The van der Waals surface area contributed by atoms with Gasteiger partial charge in [0, 0.05) is 36.6 Å². The van der Waals surface area contributed by atoms with Crippen LogP contribution in [-0.4, -0.2) is 76.8 Å². The van der Waals surface area contributed by atoms with Crippen molar-refractivity contribution in [3.05, 3.63) is 59.4 Å². The molecule has 3 aromatic rings. The first-order valence-corrected chi connectivity index (χ1v) is 14.5. The number of hydrogen-bond acceptors (Lipinski definition) is 8. The number of benzene rings is 2. The average molecular weight is 606 g/mol. The molecule has 1 saturated heterocycles. The summed E-state index contributed by atoms with van der Waals surface area (Å²) < 4.78 is 30.2. The van der Waals surface area contributed by atoms with E-state index in [1.54, 1.807) is 18.2 Å². The van der Waals surface area contributed by atoms with E-state index in [0.717, 1.165) is 10.9 Å². The van der Waals surface area contributed by atoms with Gasteiger partial charge < -0.3 is 29.7 Å². The van der Waals surface area contributed by atoms with Gasteiger partial charge in [-0.05, 0) is 48.5 Å². The van der Waals surface area contributed by atoms with E-state index in [-0.39, 0.29) is 19.7 Å². The van der Waals surface area contributed by atoms with Crippen LogP contribution in [0.4, 0.5) is 31.2 Å². The van der Waals surface area contributed by atoms with Crippen molar-refractivity contribution in [1.82, 2.24) is 10.3 Å². The minimum atomic E-state index is -0.693. The third-order valence-electron chi connectivity index (χ3n) is 5.89. The largest absolute Gasteiger partial charge is 0.452 e. The molecule has 4 rings (SSSR count). The number of carbonyl (C=O) groups excluding carboxylic acids is 2. The van der Waals surface area contributed by atoms with E-state index in [1.807, 2.05) is 56.9 Å². The van der Waals surface area contributed by atoms with Gasteiger partial charge in [0.1, 0.15) is 18.2 Å². The molecule has 2 aromatic carbocycles. The summed E-state index contributed by atoms with van der Waals surface area (Å²) in [4.78, 5) is 32.0. The summed E-state index contributed by atoms with van der Waals surface area (Å²) in [7, 11) is 1.23. The lowest BCUT2D eigenvalue weighted by Gasteiger charge is -2.30. The Kier molecular flexibility index (Phi) is 15.2. The molecule has 0 aliphatic carbocycles. The molecule has 10 nitrogen and oxygen atoms in total. The molecule has 0 unspecified atom stereocenters. The lowest BCUT2D eigenvalue weighted by molar-refractivity contribution is 0.122. The van der Waals surface area contributed by atoms with Gasteiger partial charge in [0.25, 0.3) is 0 Å². The number of hydrogen-bond donors (Lipinski definition) is 2. The van der Waals surface area contributed by atoms with E-state index >= 15 is 0 Å². The summed E-state index contributed by atoms with van der Waals surface area (Å²) in [5, 5.41) is 7.33. The molecule has 0 spiro atoms. The minimum absolute atomic E-state index is 0.0142. The molecule has 1 fully saturated rings. The van der Waals surface area contributed by atoms with E-state index in [2.05, 4.69) is 15.6 Å². The topological polar surface area (TPSA) is 105 Å². The van der Waals surface area contributed by atoms with Crippen molar-refractivity contribution in [3.63, 3.8) is 0 Å². The van der Waals surface area contributed by atoms with Crippen molar-refractivity contribution < 1.29 is 28.2 Å². The van der Waals surface area contributed by atoms with Crippen LogP contribution in [0.5, 0.6) is 0 Å². The number of nitrogens with zero attached hydrogens (tertiary/aromatic N) is 3. The number of alkyl carbamates (subject to hydrolysis) is 1. The number of halogens is 2. The zero-order valence-electron chi connectivity index (χ0n) is 24.9. The molecule has 1 aliphatic heterocycles. The van der Waals surface area contributed by atoms with Gasteiger partial charge in [-0.25, -0.2) is 19.0 Å². The molecule has 2 N–H and O–H groups in total. The average Bonchev–Trinajstić information content (AvgIpc) is 3.03. The molecule has 0 saturated carbocycles. The SMILES string of the molecule is CC.CC.COC(=O)N(CCOC(=O)NCCNc1ccc2cc(Cl)ccc2n1)c1ccc(N2CCOCC2)c(F)c1. The van der Waals surface area contributed by atoms with Crippen LogP contribution in [0, 0.1) is 5.82 Å². The lowest BCUT2D eigenvalue weighted by atomic mass is 10.2. The number of aromatic nitrogens is 1. The maximum absolute atomic E-state index is 14.8. The Morgan fingerprint density at radius 3 is 2.48 bits per heavy atom. The highest BCUT2D eigenvalue weighted by Gasteiger charge is 2.21. The van der Waals surface area contributed by atoms with Crippen molar-refractivity contribution >= 4 is 51.9 Å². The first-order valence-electron chi connectivity index (χ1n) is 14.1. The number of methoxy groups -OCH3 is 1. The number of fused-ring (bicyclic) bond motifs is 1. The lowest BCUT2D eigenvalue weighted by Crippen LogP contribution is -2.37. The summed E-state index contributed by atoms with van der Waals surface area (Å²) in [5.41, 5.74) is 1.54. The fourth-order valence-corrected chi connectivity index (χ4v) is 4.17. The van der Waals surface area contributed by atoms with Crippen LogP contribution < -0.4 is 20.4 Å². The zero-order chi connectivity index (χ0) is 30.9. The van der Waals surface area contributed by atoms with Gasteiger partial charge in [-0.1, -0.05) is 39.3 Å². The van der Waals surface area contributed by atoms with E-state index in [0.29, 0.717) is 55.1 Å². The number of amides is 2. The molecule has 230 valence electrons. The Labute approximate surface area is 252 Å². The number of pyridine rings is 1. The highest BCUT2D eigenvalue weighted by molar-refractivity contribution is 6.31. The van der Waals surface area contributed by atoms with Crippen molar-refractivity contribution in [3.8, 4) is 0 Å². The van der Waals surface area contributed by atoms with Gasteiger partial charge in [0.2, 0.25) is 0 Å². The molecule has 0 radical (unpaired) electrons. The third-order valence-corrected chi connectivity index (χ3v) is 6.12. The van der Waals surface area contributed by atoms with Gasteiger partial charge in [-0.2, -0.15) is 0 Å². The van der Waals surface area contributed by atoms with Crippen LogP contribution in [-0.2, 0) is 14.2 Å². The van der Waals surface area contributed by atoms with E-state index in [9.17, 15) is 14.0 Å². The smallest absolute Gasteiger partial charge is 0.414 e. The van der Waals surface area contributed by atoms with Gasteiger partial charge in [0.05, 0.1) is 43.8 Å². The first kappa shape index (κ1) is 34.4. The monoisotopic (exact) mass is 605 g/mol. The maximum Gasteiger partial charge on any atom is 0.414 e. The zero-order valence-corrected chi connectivity index (χ0v) is 25.7. The molecular weight excluding hydrogens is 565 g/mol. The number of rotatable bonds is 9. The molecule has 0 atom stereocenters. The summed E-state index contributed by atoms with van der Waals surface area (Å²) in [6.07, 6.45) is -1.34. The summed E-state index contributed by atoms with van der Waals surface area (Å²) in [6.45, 7) is 10.8. The number of carbonyl (C=O) groups is 2. The number of morpholine rings is 1. The summed E-state index contributed by atoms with van der Waals surface area (Å²) in [6, 6.07) is 13.7. The minimum Gasteiger partial charge on any atom is -0.452 e. The number of anilines is 3. The second-order valence-electron chi connectivity index (χ2n) is 8.38. The molecule has 2 heterocycles. The van der Waals surface area contributed by atoms with Crippen molar-refractivity contribution in [2.75, 3.05) is 74.8 Å². The molecule has 1 aliphatic rings. The standard InChI is InChI=1S/C26H29ClFN5O5.2C2H6/c1-36-26(35)33(20-4-6-23(21(28)17-20)32-10-13-37-14-11-32)12-15-38-25(34)30-9-8-29-24-7-2-18-16-19(27)3-5-22(18)31-24;2*1-2/h2-7,16-17H,8-15H2,1H3,(H,29,31)(H,30,34);2*1-2H3. The highest BCUT2D eigenvalue weighted by Crippen LogP contribution is 2.26. The maximum atomic E-state index is 14.8. The highest BCUT2D eigenvalue weighted by atomic mass is 35.5. The van der Waals surface area contributed by atoms with Crippen LogP contribution in [0.3, 0.4) is 0 Å². The number of nitrogens with one attached hydrogen (secondary N) is 2. The predicted octanol–water partition coefficient (Wildman–Crippen LogP) is 6.33. The number of ether oxygens (including phenoxy) is 3. The Balaban J connectivity index is 0.00000148. The molecule has 2 amide bonds. The Morgan fingerprint density at radius 2 is 1.79 bits per heavy atom. The Hall–Kier alpha value is -3.83. The van der Waals surface area contributed by atoms with E-state index < -0.39 is 18.0 Å². The second kappa shape index (κ2) is 18.6. The molecule has 42 heavy (non-hydrogen) atoms. The predicted molar refractivity (Wildman–Crippen MR) is 166 cm³/mol.